The summed E-state index contributed by atoms with van der Waals surface area (Å²) in [4.78, 5) is 10.2. The molecule has 13 heavy (non-hydrogen) atoms. The van der Waals surface area contributed by atoms with E-state index in [0.29, 0.717) is 5.92 Å². The summed E-state index contributed by atoms with van der Waals surface area (Å²) in [7, 11) is 0. The Morgan fingerprint density at radius 2 is 1.62 bits per heavy atom. The van der Waals surface area contributed by atoms with Crippen LogP contribution in [0.1, 0.15) is 52.4 Å². The van der Waals surface area contributed by atoms with E-state index in [0.717, 1.165) is 32.1 Å². The first-order chi connectivity index (χ1) is 5.70. The number of carboxylic acid groups (broad SMARTS) is 1. The Balaban J connectivity index is 0. The summed E-state index contributed by atoms with van der Waals surface area (Å²) in [6.07, 6.45) is 5.63. The van der Waals surface area contributed by atoms with Crippen LogP contribution in [0.4, 0.5) is 0 Å². The van der Waals surface area contributed by atoms with Gasteiger partial charge in [0.2, 0.25) is 0 Å². The second-order valence-electron chi connectivity index (χ2n) is 3.35. The van der Waals surface area contributed by atoms with Crippen LogP contribution in [-0.4, -0.2) is 5.97 Å². The van der Waals surface area contributed by atoms with Crippen LogP contribution >= 0.6 is 0 Å². The van der Waals surface area contributed by atoms with Crippen LogP contribution in [0.5, 0.6) is 0 Å². The number of carboxylic acids is 1. The van der Waals surface area contributed by atoms with Gasteiger partial charge in [0.1, 0.15) is 0 Å². The molecule has 0 rings (SSSR count). The summed E-state index contributed by atoms with van der Waals surface area (Å²) in [6, 6.07) is 0. The van der Waals surface area contributed by atoms with Crippen molar-refractivity contribution >= 4 is 5.97 Å². The average Bonchev–Trinajstić information content (AvgIpc) is 2.01. The minimum Gasteiger partial charge on any atom is -0.550 e. The van der Waals surface area contributed by atoms with Crippen molar-refractivity contribution in [1.82, 2.24) is 0 Å². The molecule has 0 aliphatic carbocycles. The molecule has 0 atom stereocenters. The first-order valence-electron chi connectivity index (χ1n) is 4.90. The minimum absolute atomic E-state index is 0. The van der Waals surface area contributed by atoms with E-state index in [2.05, 4.69) is 13.8 Å². The van der Waals surface area contributed by atoms with Gasteiger partial charge in [0, 0.05) is 5.97 Å². The molecule has 0 aliphatic rings. The third kappa shape index (κ3) is 10.4. The standard InChI is InChI=1S/C10H20O2.Na/c1-3-5-9(6-4-2)7-8-10(11)12;/h9H,3-8H2,1-2H3,(H,11,12);/q;+1/p-1. The molecule has 0 unspecified atom stereocenters. The fraction of sp³-hybridized carbons (Fsp3) is 0.900. The molecule has 0 fully saturated rings. The van der Waals surface area contributed by atoms with E-state index in [1.54, 1.807) is 0 Å². The Labute approximate surface area is 103 Å². The van der Waals surface area contributed by atoms with Gasteiger partial charge in [-0.2, -0.15) is 0 Å². The second-order valence-corrected chi connectivity index (χ2v) is 3.35. The number of aliphatic carboxylic acids is 1. The molecule has 3 heteroatoms. The molecule has 0 amide bonds. The number of hydrogen-bond donors (Lipinski definition) is 0. The molecular formula is C10H19NaO2. The predicted molar refractivity (Wildman–Crippen MR) is 47.5 cm³/mol. The van der Waals surface area contributed by atoms with E-state index < -0.39 is 5.97 Å². The summed E-state index contributed by atoms with van der Waals surface area (Å²) < 4.78 is 0. The van der Waals surface area contributed by atoms with Crippen LogP contribution in [-0.2, 0) is 4.79 Å². The van der Waals surface area contributed by atoms with Crippen LogP contribution in [0.25, 0.3) is 0 Å². The number of carbonyl (C=O) groups is 1. The number of rotatable bonds is 7. The summed E-state index contributed by atoms with van der Waals surface area (Å²) in [5.41, 5.74) is 0. The van der Waals surface area contributed by atoms with Crippen LogP contribution in [0.3, 0.4) is 0 Å². The van der Waals surface area contributed by atoms with Crippen LogP contribution in [0.2, 0.25) is 0 Å². The monoisotopic (exact) mass is 194 g/mol. The van der Waals surface area contributed by atoms with Crippen molar-refractivity contribution in [3.63, 3.8) is 0 Å². The molecule has 0 radical (unpaired) electrons. The van der Waals surface area contributed by atoms with E-state index >= 15 is 0 Å². The van der Waals surface area contributed by atoms with Crippen molar-refractivity contribution in [3.05, 3.63) is 0 Å². The molecule has 0 heterocycles. The molecule has 2 nitrogen and oxygen atoms in total. The largest absolute Gasteiger partial charge is 1.00 e. The molecule has 0 N–H and O–H groups in total. The summed E-state index contributed by atoms with van der Waals surface area (Å²) >= 11 is 0. The molecule has 0 saturated carbocycles. The number of carbonyl (C=O) groups excluding carboxylic acids is 1. The zero-order chi connectivity index (χ0) is 9.40. The fourth-order valence-corrected chi connectivity index (χ4v) is 1.57. The molecule has 0 spiro atoms. The first kappa shape index (κ1) is 15.9. The molecule has 72 valence electrons. The normalized spacial score (nSPS) is 9.77. The van der Waals surface area contributed by atoms with Gasteiger partial charge in [-0.3, -0.25) is 0 Å². The topological polar surface area (TPSA) is 40.1 Å². The Morgan fingerprint density at radius 3 is 1.92 bits per heavy atom. The van der Waals surface area contributed by atoms with Gasteiger partial charge in [-0.1, -0.05) is 39.5 Å². The fourth-order valence-electron chi connectivity index (χ4n) is 1.57. The van der Waals surface area contributed by atoms with Gasteiger partial charge < -0.3 is 9.90 Å². The van der Waals surface area contributed by atoms with E-state index in [1.165, 1.54) is 0 Å². The van der Waals surface area contributed by atoms with Crippen molar-refractivity contribution in [1.29, 1.82) is 0 Å². The summed E-state index contributed by atoms with van der Waals surface area (Å²) in [5.74, 6) is -0.315. The van der Waals surface area contributed by atoms with Crippen molar-refractivity contribution < 1.29 is 39.5 Å². The molecular weight excluding hydrogens is 175 g/mol. The van der Waals surface area contributed by atoms with Gasteiger partial charge >= 0.3 is 29.6 Å². The Morgan fingerprint density at radius 1 is 1.15 bits per heavy atom. The van der Waals surface area contributed by atoms with Gasteiger partial charge in [-0.25, -0.2) is 0 Å². The molecule has 0 saturated heterocycles. The van der Waals surface area contributed by atoms with Crippen molar-refractivity contribution in [2.45, 2.75) is 52.4 Å². The molecule has 0 aromatic rings. The van der Waals surface area contributed by atoms with E-state index in [9.17, 15) is 9.90 Å². The SMILES string of the molecule is CCCC(CCC)CCC(=O)[O-].[Na+]. The smallest absolute Gasteiger partial charge is 0.550 e. The molecule has 0 aliphatic heterocycles. The van der Waals surface area contributed by atoms with E-state index in [4.69, 9.17) is 0 Å². The van der Waals surface area contributed by atoms with Crippen LogP contribution in [0.15, 0.2) is 0 Å². The third-order valence-corrected chi connectivity index (χ3v) is 2.15. The Bertz CT molecular complexity index is 120. The summed E-state index contributed by atoms with van der Waals surface area (Å²) in [6.45, 7) is 4.28. The maximum absolute atomic E-state index is 10.2. The van der Waals surface area contributed by atoms with E-state index in [-0.39, 0.29) is 36.0 Å². The van der Waals surface area contributed by atoms with Crippen molar-refractivity contribution in [2.24, 2.45) is 5.92 Å². The molecule has 0 aromatic heterocycles. The van der Waals surface area contributed by atoms with Gasteiger partial charge in [-0.05, 0) is 18.8 Å². The Kier molecular flexibility index (Phi) is 12.9. The number of hydrogen-bond acceptors (Lipinski definition) is 2. The average molecular weight is 194 g/mol. The third-order valence-electron chi connectivity index (χ3n) is 2.15. The van der Waals surface area contributed by atoms with Gasteiger partial charge in [-0.15, -0.1) is 0 Å². The molecule has 0 bridgehead atoms. The van der Waals surface area contributed by atoms with Crippen LogP contribution < -0.4 is 34.7 Å². The zero-order valence-corrected chi connectivity index (χ0v) is 11.1. The predicted octanol–water partition coefficient (Wildman–Crippen LogP) is -1.26. The second kappa shape index (κ2) is 10.6. The van der Waals surface area contributed by atoms with Crippen molar-refractivity contribution in [2.75, 3.05) is 0 Å². The van der Waals surface area contributed by atoms with E-state index in [1.807, 2.05) is 0 Å². The first-order valence-corrected chi connectivity index (χ1v) is 4.90. The van der Waals surface area contributed by atoms with Crippen LogP contribution in [0, 0.1) is 5.92 Å². The maximum Gasteiger partial charge on any atom is 1.00 e. The van der Waals surface area contributed by atoms with Gasteiger partial charge in [0.25, 0.3) is 0 Å². The summed E-state index contributed by atoms with van der Waals surface area (Å²) in [5, 5.41) is 10.2. The minimum atomic E-state index is -0.910. The van der Waals surface area contributed by atoms with Gasteiger partial charge in [0.05, 0.1) is 0 Å². The van der Waals surface area contributed by atoms with Gasteiger partial charge in [0.15, 0.2) is 0 Å². The Hall–Kier alpha value is 0.470. The quantitative estimate of drug-likeness (QED) is 0.474. The maximum atomic E-state index is 10.2. The van der Waals surface area contributed by atoms with Crippen molar-refractivity contribution in [3.8, 4) is 0 Å². The zero-order valence-electron chi connectivity index (χ0n) is 9.14. The molecule has 0 aromatic carbocycles.